The Morgan fingerprint density at radius 3 is 2.35 bits per heavy atom. The van der Waals surface area contributed by atoms with E-state index in [-0.39, 0.29) is 5.91 Å². The van der Waals surface area contributed by atoms with Crippen LogP contribution < -0.4 is 10.2 Å². The molecular formula is C22H23N3O. The standard InChI is InChI=1S/C22H23N3O/c1-2-25(20-11-7-4-8-12-20)21-15-19(16-23-17-21)22(26)24-14-13-18-9-5-3-6-10-18/h3-12,15-17H,2,13-14H2,1H3,(H,24,26). The molecule has 1 heterocycles. The molecule has 4 nitrogen and oxygen atoms in total. The molecular weight excluding hydrogens is 322 g/mol. The third-order valence-electron chi connectivity index (χ3n) is 4.22. The molecule has 132 valence electrons. The van der Waals surface area contributed by atoms with Gasteiger partial charge in [0.1, 0.15) is 0 Å². The summed E-state index contributed by atoms with van der Waals surface area (Å²) in [5.41, 5.74) is 3.78. The number of aromatic nitrogens is 1. The molecule has 3 aromatic rings. The highest BCUT2D eigenvalue weighted by molar-refractivity contribution is 5.95. The van der Waals surface area contributed by atoms with Crippen molar-refractivity contribution in [2.75, 3.05) is 18.0 Å². The number of hydrogen-bond donors (Lipinski definition) is 1. The molecule has 0 aliphatic carbocycles. The van der Waals surface area contributed by atoms with Gasteiger partial charge < -0.3 is 10.2 Å². The van der Waals surface area contributed by atoms with Crippen LogP contribution in [-0.4, -0.2) is 24.0 Å². The number of para-hydroxylation sites is 1. The smallest absolute Gasteiger partial charge is 0.252 e. The van der Waals surface area contributed by atoms with E-state index in [1.807, 2.05) is 42.5 Å². The van der Waals surface area contributed by atoms with Crippen LogP contribution in [0.5, 0.6) is 0 Å². The van der Waals surface area contributed by atoms with Crippen molar-refractivity contribution >= 4 is 17.3 Å². The number of hydrogen-bond acceptors (Lipinski definition) is 3. The maximum atomic E-state index is 12.5. The minimum absolute atomic E-state index is 0.0978. The van der Waals surface area contributed by atoms with Gasteiger partial charge in [0.15, 0.2) is 0 Å². The van der Waals surface area contributed by atoms with Crippen LogP contribution in [0.15, 0.2) is 79.1 Å². The van der Waals surface area contributed by atoms with Crippen molar-refractivity contribution in [1.82, 2.24) is 10.3 Å². The van der Waals surface area contributed by atoms with Gasteiger partial charge in [-0.2, -0.15) is 0 Å². The summed E-state index contributed by atoms with van der Waals surface area (Å²) in [6.07, 6.45) is 4.21. The largest absolute Gasteiger partial charge is 0.352 e. The maximum absolute atomic E-state index is 12.5. The van der Waals surface area contributed by atoms with Gasteiger partial charge >= 0.3 is 0 Å². The molecule has 0 aliphatic rings. The fourth-order valence-electron chi connectivity index (χ4n) is 2.89. The number of carbonyl (C=O) groups is 1. The van der Waals surface area contributed by atoms with E-state index in [1.54, 1.807) is 12.4 Å². The molecule has 0 bridgehead atoms. The van der Waals surface area contributed by atoms with Crippen molar-refractivity contribution in [1.29, 1.82) is 0 Å². The zero-order valence-electron chi connectivity index (χ0n) is 14.9. The maximum Gasteiger partial charge on any atom is 0.252 e. The van der Waals surface area contributed by atoms with E-state index < -0.39 is 0 Å². The third kappa shape index (κ3) is 4.48. The van der Waals surface area contributed by atoms with Crippen LogP contribution in [0.1, 0.15) is 22.8 Å². The van der Waals surface area contributed by atoms with E-state index in [9.17, 15) is 4.79 Å². The van der Waals surface area contributed by atoms with E-state index in [4.69, 9.17) is 0 Å². The van der Waals surface area contributed by atoms with Crippen molar-refractivity contribution in [2.45, 2.75) is 13.3 Å². The highest BCUT2D eigenvalue weighted by atomic mass is 16.1. The summed E-state index contributed by atoms with van der Waals surface area (Å²) in [4.78, 5) is 18.9. The van der Waals surface area contributed by atoms with Gasteiger partial charge in [0.25, 0.3) is 5.91 Å². The normalized spacial score (nSPS) is 10.3. The van der Waals surface area contributed by atoms with Crippen LogP contribution in [0.2, 0.25) is 0 Å². The van der Waals surface area contributed by atoms with Gasteiger partial charge in [0.05, 0.1) is 17.4 Å². The SMILES string of the molecule is CCN(c1ccccc1)c1cncc(C(=O)NCCc2ccccc2)c1. The van der Waals surface area contributed by atoms with E-state index in [2.05, 4.69) is 46.4 Å². The Morgan fingerprint density at radius 2 is 1.65 bits per heavy atom. The lowest BCUT2D eigenvalue weighted by molar-refractivity contribution is 0.0954. The van der Waals surface area contributed by atoms with E-state index in [0.29, 0.717) is 12.1 Å². The summed E-state index contributed by atoms with van der Waals surface area (Å²) in [6.45, 7) is 3.48. The number of rotatable bonds is 7. The lowest BCUT2D eigenvalue weighted by Crippen LogP contribution is -2.26. The average molecular weight is 345 g/mol. The molecule has 0 atom stereocenters. The molecule has 0 saturated carbocycles. The second kappa shape index (κ2) is 8.81. The number of amides is 1. The Labute approximate surface area is 154 Å². The first-order valence-corrected chi connectivity index (χ1v) is 8.87. The van der Waals surface area contributed by atoms with Crippen LogP contribution in [0, 0.1) is 0 Å². The number of anilines is 2. The van der Waals surface area contributed by atoms with Crippen molar-refractivity contribution < 1.29 is 4.79 Å². The van der Waals surface area contributed by atoms with Crippen molar-refractivity contribution in [3.05, 3.63) is 90.3 Å². The van der Waals surface area contributed by atoms with Crippen LogP contribution in [0.25, 0.3) is 0 Å². The molecule has 0 unspecified atom stereocenters. The monoisotopic (exact) mass is 345 g/mol. The predicted octanol–water partition coefficient (Wildman–Crippen LogP) is 4.21. The van der Waals surface area contributed by atoms with Crippen LogP contribution in [-0.2, 0) is 6.42 Å². The number of benzene rings is 2. The summed E-state index contributed by atoms with van der Waals surface area (Å²) < 4.78 is 0. The number of pyridine rings is 1. The molecule has 2 aromatic carbocycles. The fourth-order valence-corrected chi connectivity index (χ4v) is 2.89. The van der Waals surface area contributed by atoms with Crippen molar-refractivity contribution in [2.24, 2.45) is 0 Å². The minimum Gasteiger partial charge on any atom is -0.352 e. The molecule has 0 saturated heterocycles. The lowest BCUT2D eigenvalue weighted by Gasteiger charge is -2.23. The second-order valence-corrected chi connectivity index (χ2v) is 6.00. The van der Waals surface area contributed by atoms with E-state index >= 15 is 0 Å². The predicted molar refractivity (Wildman–Crippen MR) is 106 cm³/mol. The van der Waals surface area contributed by atoms with Gasteiger partial charge in [-0.3, -0.25) is 9.78 Å². The zero-order chi connectivity index (χ0) is 18.2. The van der Waals surface area contributed by atoms with Gasteiger partial charge in [-0.15, -0.1) is 0 Å². The molecule has 0 radical (unpaired) electrons. The molecule has 3 rings (SSSR count). The van der Waals surface area contributed by atoms with Gasteiger partial charge in [-0.1, -0.05) is 48.5 Å². The van der Waals surface area contributed by atoms with Crippen LogP contribution in [0.3, 0.4) is 0 Å². The molecule has 4 heteroatoms. The highest BCUT2D eigenvalue weighted by Gasteiger charge is 2.11. The summed E-state index contributed by atoms with van der Waals surface area (Å²) in [7, 11) is 0. The molecule has 0 aliphatic heterocycles. The first kappa shape index (κ1) is 17.7. The Hall–Kier alpha value is -3.14. The topological polar surface area (TPSA) is 45.2 Å². The van der Waals surface area contributed by atoms with Crippen molar-refractivity contribution in [3.63, 3.8) is 0 Å². The Balaban J connectivity index is 1.67. The average Bonchev–Trinajstić information content (AvgIpc) is 2.70. The van der Waals surface area contributed by atoms with Crippen LogP contribution >= 0.6 is 0 Å². The minimum atomic E-state index is -0.0978. The van der Waals surface area contributed by atoms with Gasteiger partial charge in [0.2, 0.25) is 0 Å². The molecule has 1 amide bonds. The highest BCUT2D eigenvalue weighted by Crippen LogP contribution is 2.24. The van der Waals surface area contributed by atoms with Crippen LogP contribution in [0.4, 0.5) is 11.4 Å². The first-order valence-electron chi connectivity index (χ1n) is 8.87. The number of nitrogens with one attached hydrogen (secondary N) is 1. The lowest BCUT2D eigenvalue weighted by atomic mass is 10.1. The quantitative estimate of drug-likeness (QED) is 0.697. The zero-order valence-corrected chi connectivity index (χ0v) is 14.9. The number of carbonyl (C=O) groups excluding carboxylic acids is 1. The molecule has 1 N–H and O–H groups in total. The second-order valence-electron chi connectivity index (χ2n) is 6.00. The van der Waals surface area contributed by atoms with Gasteiger partial charge in [-0.05, 0) is 37.1 Å². The van der Waals surface area contributed by atoms with Crippen molar-refractivity contribution in [3.8, 4) is 0 Å². The fraction of sp³-hybridized carbons (Fsp3) is 0.182. The third-order valence-corrected chi connectivity index (χ3v) is 4.22. The summed E-state index contributed by atoms with van der Waals surface area (Å²) in [5.74, 6) is -0.0978. The molecule has 0 fully saturated rings. The molecule has 0 spiro atoms. The number of nitrogens with zero attached hydrogens (tertiary/aromatic N) is 2. The summed E-state index contributed by atoms with van der Waals surface area (Å²) in [6, 6.07) is 22.1. The van der Waals surface area contributed by atoms with E-state index in [0.717, 1.165) is 24.3 Å². The Bertz CT molecular complexity index is 834. The van der Waals surface area contributed by atoms with E-state index in [1.165, 1.54) is 5.56 Å². The summed E-state index contributed by atoms with van der Waals surface area (Å²) in [5, 5.41) is 2.97. The Morgan fingerprint density at radius 1 is 0.962 bits per heavy atom. The summed E-state index contributed by atoms with van der Waals surface area (Å²) >= 11 is 0. The van der Waals surface area contributed by atoms with Gasteiger partial charge in [0, 0.05) is 25.0 Å². The Kier molecular flexibility index (Phi) is 5.99. The first-order chi connectivity index (χ1) is 12.8. The molecule has 26 heavy (non-hydrogen) atoms. The van der Waals surface area contributed by atoms with Gasteiger partial charge in [-0.25, -0.2) is 0 Å². The molecule has 1 aromatic heterocycles.